The molecule has 1 heterocycles. The number of carbonyl (C=O) groups excluding carboxylic acids is 2. The predicted molar refractivity (Wildman–Crippen MR) is 102 cm³/mol. The number of imide groups is 1. The van der Waals surface area contributed by atoms with E-state index >= 15 is 0 Å². The number of rotatable bonds is 7. The topological polar surface area (TPSA) is 58.6 Å². The molecule has 0 radical (unpaired) electrons. The van der Waals surface area contributed by atoms with Gasteiger partial charge in [-0.2, -0.15) is 0 Å². The number of hydrogen-bond acceptors (Lipinski definition) is 4. The number of carbonyl (C=O) groups is 2. The van der Waals surface area contributed by atoms with Gasteiger partial charge in [0.2, 0.25) is 0 Å². The zero-order chi connectivity index (χ0) is 18.5. The number of anilines is 1. The monoisotopic (exact) mass is 348 g/mol. The van der Waals surface area contributed by atoms with Gasteiger partial charge in [0.25, 0.3) is 11.8 Å². The zero-order valence-corrected chi connectivity index (χ0v) is 14.6. The number of nitrogens with zero attached hydrogens (tertiary/aromatic N) is 1. The molecule has 3 rings (SSSR count). The number of hydrogen-bond donors (Lipinski definition) is 1. The van der Waals surface area contributed by atoms with Crippen molar-refractivity contribution in [2.45, 2.75) is 6.92 Å². The second kappa shape index (κ2) is 7.70. The minimum absolute atomic E-state index is 0.165. The molecular weight excluding hydrogens is 328 g/mol. The van der Waals surface area contributed by atoms with Crippen molar-refractivity contribution in [2.75, 3.05) is 18.5 Å². The maximum atomic E-state index is 12.8. The third-order valence-corrected chi connectivity index (χ3v) is 3.96. The minimum atomic E-state index is -0.365. The Labute approximate surface area is 152 Å². The number of nitrogens with one attached hydrogen (secondary N) is 1. The molecule has 2 amide bonds. The molecule has 1 aliphatic heterocycles. The van der Waals surface area contributed by atoms with Gasteiger partial charge in [0.1, 0.15) is 11.4 Å². The van der Waals surface area contributed by atoms with E-state index in [1.165, 1.54) is 11.0 Å². The first kappa shape index (κ1) is 17.5. The first-order valence-electron chi connectivity index (χ1n) is 8.42. The molecular formula is C21H20N2O3. The maximum Gasteiger partial charge on any atom is 0.278 e. The highest BCUT2D eigenvalue weighted by molar-refractivity contribution is 6.36. The first-order chi connectivity index (χ1) is 12.7. The van der Waals surface area contributed by atoms with E-state index in [2.05, 4.69) is 11.9 Å². The van der Waals surface area contributed by atoms with E-state index in [4.69, 9.17) is 4.74 Å². The highest BCUT2D eigenvalue weighted by atomic mass is 16.5. The fraction of sp³-hybridized carbons (Fsp3) is 0.143. The van der Waals surface area contributed by atoms with Crippen LogP contribution < -0.4 is 10.1 Å². The molecule has 0 atom stereocenters. The van der Waals surface area contributed by atoms with Crippen molar-refractivity contribution in [1.82, 2.24) is 4.90 Å². The largest absolute Gasteiger partial charge is 0.494 e. The van der Waals surface area contributed by atoms with Crippen LogP contribution in [0.5, 0.6) is 5.75 Å². The summed E-state index contributed by atoms with van der Waals surface area (Å²) < 4.78 is 5.50. The molecule has 5 nitrogen and oxygen atoms in total. The van der Waals surface area contributed by atoms with Crippen LogP contribution in [0.4, 0.5) is 5.69 Å². The van der Waals surface area contributed by atoms with Gasteiger partial charge in [-0.15, -0.1) is 6.58 Å². The summed E-state index contributed by atoms with van der Waals surface area (Å²) in [7, 11) is 0. The van der Waals surface area contributed by atoms with Crippen LogP contribution >= 0.6 is 0 Å². The van der Waals surface area contributed by atoms with Gasteiger partial charge in [0.05, 0.1) is 12.2 Å². The van der Waals surface area contributed by atoms with E-state index in [1.807, 2.05) is 55.5 Å². The van der Waals surface area contributed by atoms with Crippen molar-refractivity contribution >= 4 is 23.1 Å². The maximum absolute atomic E-state index is 12.8. The van der Waals surface area contributed by atoms with Gasteiger partial charge in [0, 0.05) is 18.3 Å². The molecule has 1 aliphatic rings. The van der Waals surface area contributed by atoms with Crippen LogP contribution in [0, 0.1) is 0 Å². The van der Waals surface area contributed by atoms with Crippen molar-refractivity contribution in [1.29, 1.82) is 0 Å². The second-order valence-corrected chi connectivity index (χ2v) is 5.71. The van der Waals surface area contributed by atoms with Crippen LogP contribution in [-0.2, 0) is 9.59 Å². The summed E-state index contributed by atoms with van der Waals surface area (Å²) in [6.07, 6.45) is 1.54. The summed E-state index contributed by atoms with van der Waals surface area (Å²) in [4.78, 5) is 26.8. The first-order valence-corrected chi connectivity index (χ1v) is 8.42. The smallest absolute Gasteiger partial charge is 0.278 e. The summed E-state index contributed by atoms with van der Waals surface area (Å²) in [6, 6.07) is 16.5. The SMILES string of the molecule is C=CCN1C(=O)C(Nc2cccc(OCC)c2)=C(c2ccccc2)C1=O. The Bertz CT molecular complexity index is 872. The Morgan fingerprint density at radius 1 is 1.08 bits per heavy atom. The van der Waals surface area contributed by atoms with Crippen LogP contribution in [0.15, 0.2) is 72.9 Å². The summed E-state index contributed by atoms with van der Waals surface area (Å²) in [5, 5.41) is 3.11. The van der Waals surface area contributed by atoms with Crippen LogP contribution in [0.2, 0.25) is 0 Å². The highest BCUT2D eigenvalue weighted by Crippen LogP contribution is 2.31. The highest BCUT2D eigenvalue weighted by Gasteiger charge is 2.38. The Balaban J connectivity index is 2.03. The van der Waals surface area contributed by atoms with Gasteiger partial charge in [0.15, 0.2) is 0 Å². The fourth-order valence-electron chi connectivity index (χ4n) is 2.83. The molecule has 26 heavy (non-hydrogen) atoms. The van der Waals surface area contributed by atoms with E-state index < -0.39 is 0 Å². The van der Waals surface area contributed by atoms with Crippen molar-refractivity contribution in [3.8, 4) is 5.75 Å². The third kappa shape index (κ3) is 3.37. The minimum Gasteiger partial charge on any atom is -0.494 e. The summed E-state index contributed by atoms with van der Waals surface area (Å²) in [5.74, 6) is -0.000731. The van der Waals surface area contributed by atoms with Crippen LogP contribution in [0.1, 0.15) is 12.5 Å². The number of amides is 2. The van der Waals surface area contributed by atoms with Gasteiger partial charge in [-0.05, 0) is 24.6 Å². The molecule has 0 spiro atoms. The molecule has 0 aromatic heterocycles. The Morgan fingerprint density at radius 2 is 1.85 bits per heavy atom. The number of ether oxygens (including phenoxy) is 1. The average molecular weight is 348 g/mol. The molecule has 0 saturated heterocycles. The fourth-order valence-corrected chi connectivity index (χ4v) is 2.83. The lowest BCUT2D eigenvalue weighted by Crippen LogP contribution is -2.32. The van der Waals surface area contributed by atoms with Gasteiger partial charge in [-0.3, -0.25) is 14.5 Å². The van der Waals surface area contributed by atoms with Crippen LogP contribution in [-0.4, -0.2) is 29.9 Å². The van der Waals surface area contributed by atoms with E-state index in [1.54, 1.807) is 6.07 Å². The molecule has 0 fully saturated rings. The van der Waals surface area contributed by atoms with E-state index in [0.717, 1.165) is 0 Å². The van der Waals surface area contributed by atoms with Crippen molar-refractivity contribution in [3.05, 3.63) is 78.5 Å². The molecule has 0 saturated carbocycles. The third-order valence-electron chi connectivity index (χ3n) is 3.96. The Morgan fingerprint density at radius 3 is 2.54 bits per heavy atom. The predicted octanol–water partition coefficient (Wildman–Crippen LogP) is 3.46. The van der Waals surface area contributed by atoms with Crippen molar-refractivity contribution < 1.29 is 14.3 Å². The quantitative estimate of drug-likeness (QED) is 0.615. The van der Waals surface area contributed by atoms with Crippen LogP contribution in [0.3, 0.4) is 0 Å². The molecule has 1 N–H and O–H groups in total. The molecule has 132 valence electrons. The van der Waals surface area contributed by atoms with E-state index in [9.17, 15) is 9.59 Å². The lowest BCUT2D eigenvalue weighted by Gasteiger charge is -2.13. The lowest BCUT2D eigenvalue weighted by atomic mass is 10.0. The normalized spacial score (nSPS) is 14.0. The standard InChI is InChI=1S/C21H20N2O3/c1-3-13-23-20(24)18(15-9-6-5-7-10-15)19(21(23)25)22-16-11-8-12-17(14-16)26-4-2/h3,5-12,14,22H,1,4,13H2,2H3. The van der Waals surface area contributed by atoms with Gasteiger partial charge < -0.3 is 10.1 Å². The Kier molecular flexibility index (Phi) is 5.17. The molecule has 2 aromatic carbocycles. The molecule has 2 aromatic rings. The zero-order valence-electron chi connectivity index (χ0n) is 14.6. The van der Waals surface area contributed by atoms with Crippen LogP contribution in [0.25, 0.3) is 5.57 Å². The number of benzene rings is 2. The Hall–Kier alpha value is -3.34. The van der Waals surface area contributed by atoms with Crippen molar-refractivity contribution in [2.24, 2.45) is 0 Å². The molecule has 0 unspecified atom stereocenters. The molecule has 5 heteroatoms. The average Bonchev–Trinajstić information content (AvgIpc) is 2.88. The summed E-state index contributed by atoms with van der Waals surface area (Å²) >= 11 is 0. The lowest BCUT2D eigenvalue weighted by molar-refractivity contribution is -0.136. The van der Waals surface area contributed by atoms with Gasteiger partial charge in [-0.1, -0.05) is 42.5 Å². The second-order valence-electron chi connectivity index (χ2n) is 5.71. The summed E-state index contributed by atoms with van der Waals surface area (Å²) in [5.41, 5.74) is 2.00. The molecule has 0 bridgehead atoms. The van der Waals surface area contributed by atoms with Gasteiger partial charge in [-0.25, -0.2) is 0 Å². The van der Waals surface area contributed by atoms with Crippen molar-refractivity contribution in [3.63, 3.8) is 0 Å². The van der Waals surface area contributed by atoms with E-state index in [0.29, 0.717) is 29.2 Å². The van der Waals surface area contributed by atoms with E-state index in [-0.39, 0.29) is 24.1 Å². The van der Waals surface area contributed by atoms with Gasteiger partial charge >= 0.3 is 0 Å². The molecule has 0 aliphatic carbocycles. The summed E-state index contributed by atoms with van der Waals surface area (Å²) in [6.45, 7) is 6.25.